The van der Waals surface area contributed by atoms with E-state index in [-0.39, 0.29) is 5.82 Å². The summed E-state index contributed by atoms with van der Waals surface area (Å²) in [5.74, 6) is 1.72. The van der Waals surface area contributed by atoms with Gasteiger partial charge >= 0.3 is 0 Å². The maximum atomic E-state index is 12.8. The van der Waals surface area contributed by atoms with Crippen LogP contribution in [0.5, 0.6) is 0 Å². The minimum Gasteiger partial charge on any atom is -0.362 e. The summed E-state index contributed by atoms with van der Waals surface area (Å²) in [6.07, 6.45) is 0. The van der Waals surface area contributed by atoms with E-state index in [1.165, 1.54) is 23.3 Å². The van der Waals surface area contributed by atoms with Gasteiger partial charge in [0, 0.05) is 23.7 Å². The zero-order valence-electron chi connectivity index (χ0n) is 12.4. The SMILES string of the molecule is Cc1cccc(CSCCNC(=S)Nc2ccc(F)cc2)c1. The Morgan fingerprint density at radius 3 is 2.68 bits per heavy atom. The summed E-state index contributed by atoms with van der Waals surface area (Å²) in [7, 11) is 0. The summed E-state index contributed by atoms with van der Waals surface area (Å²) >= 11 is 7.07. The lowest BCUT2D eigenvalue weighted by atomic mass is 10.2. The van der Waals surface area contributed by atoms with Crippen molar-refractivity contribution in [2.45, 2.75) is 12.7 Å². The molecule has 2 rings (SSSR count). The quantitative estimate of drug-likeness (QED) is 0.606. The average molecular weight is 334 g/mol. The standard InChI is InChI=1S/C17H19FN2S2/c1-13-3-2-4-14(11-13)12-22-10-9-19-17(21)20-16-7-5-15(18)6-8-16/h2-8,11H,9-10,12H2,1H3,(H2,19,20,21). The molecule has 0 amide bonds. The largest absolute Gasteiger partial charge is 0.362 e. The van der Waals surface area contributed by atoms with E-state index in [4.69, 9.17) is 12.2 Å². The molecular formula is C17H19FN2S2. The number of benzene rings is 2. The number of rotatable bonds is 6. The molecule has 0 aliphatic rings. The van der Waals surface area contributed by atoms with Crippen molar-refractivity contribution in [2.24, 2.45) is 0 Å². The number of hydrogen-bond acceptors (Lipinski definition) is 2. The summed E-state index contributed by atoms with van der Waals surface area (Å²) in [5.41, 5.74) is 3.42. The molecule has 2 aromatic rings. The highest BCUT2D eigenvalue weighted by molar-refractivity contribution is 7.98. The lowest BCUT2D eigenvalue weighted by molar-refractivity contribution is 0.628. The number of halogens is 1. The second-order valence-electron chi connectivity index (χ2n) is 4.93. The molecule has 0 aliphatic heterocycles. The number of thioether (sulfide) groups is 1. The molecule has 0 fully saturated rings. The van der Waals surface area contributed by atoms with Crippen LogP contribution in [0.2, 0.25) is 0 Å². The average Bonchev–Trinajstić information content (AvgIpc) is 2.49. The van der Waals surface area contributed by atoms with Crippen LogP contribution in [-0.2, 0) is 5.75 Å². The van der Waals surface area contributed by atoms with E-state index in [1.807, 2.05) is 11.8 Å². The normalized spacial score (nSPS) is 10.3. The van der Waals surface area contributed by atoms with E-state index in [2.05, 4.69) is 41.8 Å². The van der Waals surface area contributed by atoms with Gasteiger partial charge in [0.25, 0.3) is 0 Å². The lowest BCUT2D eigenvalue weighted by Crippen LogP contribution is -2.30. The zero-order valence-corrected chi connectivity index (χ0v) is 14.1. The van der Waals surface area contributed by atoms with Gasteiger partial charge in [-0.2, -0.15) is 11.8 Å². The molecule has 0 heterocycles. The number of hydrogen-bond donors (Lipinski definition) is 2. The van der Waals surface area contributed by atoms with Crippen LogP contribution >= 0.6 is 24.0 Å². The molecule has 0 bridgehead atoms. The monoisotopic (exact) mass is 334 g/mol. The Morgan fingerprint density at radius 1 is 1.18 bits per heavy atom. The maximum Gasteiger partial charge on any atom is 0.170 e. The molecule has 0 radical (unpaired) electrons. The Hall–Kier alpha value is -1.59. The van der Waals surface area contributed by atoms with Gasteiger partial charge in [0.2, 0.25) is 0 Å². The van der Waals surface area contributed by atoms with Crippen molar-refractivity contribution < 1.29 is 4.39 Å². The second-order valence-corrected chi connectivity index (χ2v) is 6.44. The van der Waals surface area contributed by atoms with Crippen LogP contribution in [0.1, 0.15) is 11.1 Å². The topological polar surface area (TPSA) is 24.1 Å². The van der Waals surface area contributed by atoms with Crippen molar-refractivity contribution in [3.8, 4) is 0 Å². The Balaban J connectivity index is 1.62. The van der Waals surface area contributed by atoms with E-state index < -0.39 is 0 Å². The predicted molar refractivity (Wildman–Crippen MR) is 98.0 cm³/mol. The van der Waals surface area contributed by atoms with Crippen LogP contribution in [0.4, 0.5) is 10.1 Å². The summed E-state index contributed by atoms with van der Waals surface area (Å²) in [6, 6.07) is 14.7. The van der Waals surface area contributed by atoms with Crippen molar-refractivity contribution in [1.29, 1.82) is 0 Å². The Kier molecular flexibility index (Phi) is 6.68. The Bertz CT molecular complexity index is 614. The molecule has 2 aromatic carbocycles. The molecule has 2 N–H and O–H groups in total. The van der Waals surface area contributed by atoms with Gasteiger partial charge in [0.1, 0.15) is 5.82 Å². The third-order valence-corrected chi connectivity index (χ3v) is 4.26. The van der Waals surface area contributed by atoms with Crippen molar-refractivity contribution in [1.82, 2.24) is 5.32 Å². The minimum atomic E-state index is -0.253. The first kappa shape index (κ1) is 16.8. The van der Waals surface area contributed by atoms with Gasteiger partial charge in [0.05, 0.1) is 0 Å². The molecule has 0 atom stereocenters. The molecule has 0 aromatic heterocycles. The third kappa shape index (κ3) is 6.03. The highest BCUT2D eigenvalue weighted by Crippen LogP contribution is 2.13. The first-order chi connectivity index (χ1) is 10.6. The van der Waals surface area contributed by atoms with Crippen LogP contribution in [0.15, 0.2) is 48.5 Å². The Morgan fingerprint density at radius 2 is 1.95 bits per heavy atom. The van der Waals surface area contributed by atoms with Gasteiger partial charge in [-0.3, -0.25) is 0 Å². The Labute approximate surface area is 140 Å². The van der Waals surface area contributed by atoms with Crippen LogP contribution in [0, 0.1) is 12.7 Å². The van der Waals surface area contributed by atoms with Crippen molar-refractivity contribution >= 4 is 34.8 Å². The van der Waals surface area contributed by atoms with Gasteiger partial charge in [-0.25, -0.2) is 4.39 Å². The third-order valence-electron chi connectivity index (χ3n) is 2.99. The molecule has 0 saturated heterocycles. The predicted octanol–water partition coefficient (Wildman–Crippen LogP) is 4.35. The summed E-state index contributed by atoms with van der Waals surface area (Å²) in [4.78, 5) is 0. The van der Waals surface area contributed by atoms with E-state index in [0.29, 0.717) is 5.11 Å². The van der Waals surface area contributed by atoms with E-state index in [1.54, 1.807) is 12.1 Å². The fraction of sp³-hybridized carbons (Fsp3) is 0.235. The van der Waals surface area contributed by atoms with Crippen LogP contribution < -0.4 is 10.6 Å². The van der Waals surface area contributed by atoms with E-state index >= 15 is 0 Å². The first-order valence-electron chi connectivity index (χ1n) is 7.07. The van der Waals surface area contributed by atoms with Crippen LogP contribution in [-0.4, -0.2) is 17.4 Å². The molecule has 5 heteroatoms. The highest BCUT2D eigenvalue weighted by Gasteiger charge is 1.98. The van der Waals surface area contributed by atoms with Crippen molar-refractivity contribution in [2.75, 3.05) is 17.6 Å². The first-order valence-corrected chi connectivity index (χ1v) is 8.63. The molecule has 116 valence electrons. The molecular weight excluding hydrogens is 315 g/mol. The van der Waals surface area contributed by atoms with E-state index in [0.717, 1.165) is 23.7 Å². The molecule has 0 aliphatic carbocycles. The van der Waals surface area contributed by atoms with Crippen molar-refractivity contribution in [3.63, 3.8) is 0 Å². The van der Waals surface area contributed by atoms with Crippen LogP contribution in [0.25, 0.3) is 0 Å². The highest BCUT2D eigenvalue weighted by atomic mass is 32.2. The summed E-state index contributed by atoms with van der Waals surface area (Å²) in [6.45, 7) is 2.90. The van der Waals surface area contributed by atoms with Crippen molar-refractivity contribution in [3.05, 3.63) is 65.5 Å². The molecule has 0 spiro atoms. The molecule has 22 heavy (non-hydrogen) atoms. The fourth-order valence-corrected chi connectivity index (χ4v) is 2.96. The molecule has 2 nitrogen and oxygen atoms in total. The number of nitrogens with one attached hydrogen (secondary N) is 2. The van der Waals surface area contributed by atoms with Gasteiger partial charge in [-0.15, -0.1) is 0 Å². The zero-order chi connectivity index (χ0) is 15.8. The minimum absolute atomic E-state index is 0.253. The maximum absolute atomic E-state index is 12.8. The number of anilines is 1. The molecule has 0 unspecified atom stereocenters. The van der Waals surface area contributed by atoms with Crippen LogP contribution in [0.3, 0.4) is 0 Å². The molecule has 0 saturated carbocycles. The number of aryl methyl sites for hydroxylation is 1. The van der Waals surface area contributed by atoms with Gasteiger partial charge < -0.3 is 10.6 Å². The smallest absolute Gasteiger partial charge is 0.170 e. The lowest BCUT2D eigenvalue weighted by Gasteiger charge is -2.10. The summed E-state index contributed by atoms with van der Waals surface area (Å²) < 4.78 is 12.8. The fourth-order valence-electron chi connectivity index (χ4n) is 1.94. The summed E-state index contributed by atoms with van der Waals surface area (Å²) in [5, 5.41) is 6.74. The van der Waals surface area contributed by atoms with Gasteiger partial charge in [0.15, 0.2) is 5.11 Å². The van der Waals surface area contributed by atoms with Gasteiger partial charge in [-0.05, 0) is 49.0 Å². The number of thiocarbonyl (C=S) groups is 1. The van der Waals surface area contributed by atoms with E-state index in [9.17, 15) is 4.39 Å². The second kappa shape index (κ2) is 8.76. The van der Waals surface area contributed by atoms with Gasteiger partial charge in [-0.1, -0.05) is 29.8 Å².